The first-order valence-corrected chi connectivity index (χ1v) is 20.3. The number of rotatable bonds is 12. The van der Waals surface area contributed by atoms with Gasteiger partial charge in [-0.15, -0.1) is 0 Å². The fourth-order valence-corrected chi connectivity index (χ4v) is 9.35. The Bertz CT molecular complexity index is 2160. The van der Waals surface area contributed by atoms with Crippen molar-refractivity contribution in [3.8, 4) is 5.75 Å². The van der Waals surface area contributed by atoms with Crippen molar-refractivity contribution >= 4 is 70.4 Å². The number of ether oxygens (including phenoxy) is 1. The first kappa shape index (κ1) is 38.5. The number of thiazole rings is 1. The van der Waals surface area contributed by atoms with E-state index in [9.17, 15) is 27.9 Å². The number of carbonyl (C=O) groups excluding carboxylic acids is 2. The third-order valence-corrected chi connectivity index (χ3v) is 12.8. The van der Waals surface area contributed by atoms with Crippen LogP contribution >= 0.6 is 11.3 Å². The molecule has 4 atom stereocenters. The average molecular weight is 832 g/mol. The summed E-state index contributed by atoms with van der Waals surface area (Å²) in [4.78, 5) is 47.8. The number of fused-ring (bicyclic) bond motifs is 2. The quantitative estimate of drug-likeness (QED) is 0.0485. The zero-order chi connectivity index (χ0) is 38.5. The summed E-state index contributed by atoms with van der Waals surface area (Å²) < 4.78 is 48.0. The Morgan fingerprint density at radius 1 is 1.21 bits per heavy atom. The third kappa shape index (κ3) is 7.87. The molecule has 6 rings (SSSR count). The Balaban J connectivity index is 1.17. The summed E-state index contributed by atoms with van der Waals surface area (Å²) in [6.07, 6.45) is 1.61. The van der Waals surface area contributed by atoms with Crippen LogP contribution in [0.4, 0.5) is 5.13 Å². The molecule has 17 nitrogen and oxygen atoms in total. The van der Waals surface area contributed by atoms with Gasteiger partial charge in [-0.05, 0) is 24.0 Å². The molecule has 0 saturated carbocycles. The van der Waals surface area contributed by atoms with Crippen LogP contribution in [0.25, 0.3) is 0 Å². The van der Waals surface area contributed by atoms with Gasteiger partial charge in [-0.2, -0.15) is 0 Å². The molecule has 53 heavy (non-hydrogen) atoms. The van der Waals surface area contributed by atoms with Crippen molar-refractivity contribution < 1.29 is 45.2 Å². The van der Waals surface area contributed by atoms with Gasteiger partial charge in [0, 0.05) is 6.04 Å². The minimum atomic E-state index is -5.01. The molecule has 1 saturated heterocycles. The van der Waals surface area contributed by atoms with Crippen molar-refractivity contribution in [1.29, 1.82) is 0 Å². The van der Waals surface area contributed by atoms with Crippen LogP contribution in [0.2, 0.25) is 0 Å². The van der Waals surface area contributed by atoms with Gasteiger partial charge in [-0.25, -0.2) is 0 Å². The van der Waals surface area contributed by atoms with Crippen molar-refractivity contribution in [2.24, 2.45) is 16.5 Å². The molecule has 0 radical (unpaired) electrons. The summed E-state index contributed by atoms with van der Waals surface area (Å²) >= 11 is -0.667. The summed E-state index contributed by atoms with van der Waals surface area (Å²) in [7, 11) is -5.01. The summed E-state index contributed by atoms with van der Waals surface area (Å²) in [5.41, 5.74) is 20.1. The molecular weight excluding hydrogens is 793 g/mol. The maximum atomic E-state index is 13.6. The van der Waals surface area contributed by atoms with Gasteiger partial charge in [0.15, 0.2) is 0 Å². The van der Waals surface area contributed by atoms with Gasteiger partial charge in [0.2, 0.25) is 0 Å². The number of anilines is 1. The number of carbonyl (C=O) groups is 3. The van der Waals surface area contributed by atoms with E-state index in [1.165, 1.54) is 37.3 Å². The number of hydrogen-bond acceptors (Lipinski definition) is 13. The number of aromatic nitrogens is 1. The van der Waals surface area contributed by atoms with Crippen LogP contribution in [0, 0.1) is 0 Å². The molecule has 3 aliphatic rings. The van der Waals surface area contributed by atoms with E-state index >= 15 is 0 Å². The van der Waals surface area contributed by atoms with Crippen molar-refractivity contribution in [2.75, 3.05) is 5.73 Å². The van der Waals surface area contributed by atoms with E-state index in [-0.39, 0.29) is 27.6 Å². The number of benzene rings is 2. The van der Waals surface area contributed by atoms with Gasteiger partial charge in [0.05, 0.1) is 0 Å². The SMILES string of the molecule is CC1(C)[C@H](NC(=O)C(=[As]O[C@](C)(C(=O)O)[C@H]2CCc3cc(C(N)=NCc4ccc5c(c4)CC[C@@H]5N)ccc3O2)c2csc(N)n2)C(=O)N1OS(=O)(=O)O. The maximum absolute atomic E-state index is 13.6. The average Bonchev–Trinajstić information content (AvgIpc) is 3.71. The number of nitrogen functional groups attached to an aromatic ring is 1. The zero-order valence-corrected chi connectivity index (χ0v) is 32.3. The van der Waals surface area contributed by atoms with Gasteiger partial charge in [-0.3, -0.25) is 0 Å². The van der Waals surface area contributed by atoms with Crippen LogP contribution in [0.1, 0.15) is 73.2 Å². The molecule has 1 fully saturated rings. The number of β-lactam (4-membered cyclic amide) rings is 1. The van der Waals surface area contributed by atoms with Crippen LogP contribution < -0.4 is 27.3 Å². The molecule has 2 aliphatic heterocycles. The second kappa shape index (κ2) is 14.5. The number of aryl methyl sites for hydroxylation is 2. The van der Waals surface area contributed by atoms with Crippen LogP contribution in [-0.4, -0.2) is 95.0 Å². The number of hydrogen-bond donors (Lipinski definition) is 6. The Morgan fingerprint density at radius 2 is 1.94 bits per heavy atom. The van der Waals surface area contributed by atoms with Crippen LogP contribution in [0.3, 0.4) is 0 Å². The number of nitrogens with one attached hydrogen (secondary N) is 1. The Morgan fingerprint density at radius 3 is 2.60 bits per heavy atom. The zero-order valence-electron chi connectivity index (χ0n) is 28.8. The van der Waals surface area contributed by atoms with Gasteiger partial charge >= 0.3 is 263 Å². The number of carboxylic acids is 1. The van der Waals surface area contributed by atoms with E-state index in [1.807, 2.05) is 12.1 Å². The van der Waals surface area contributed by atoms with E-state index in [4.69, 9.17) is 30.2 Å². The van der Waals surface area contributed by atoms with E-state index in [1.54, 1.807) is 12.1 Å². The molecular formula is C33H38AsN7O10S2. The summed E-state index contributed by atoms with van der Waals surface area (Å²) in [6.45, 7) is 4.58. The predicted octanol–water partition coefficient (Wildman–Crippen LogP) is 0.810. The molecule has 1 aromatic heterocycles. The number of hydroxylamine groups is 2. The van der Waals surface area contributed by atoms with Gasteiger partial charge in [0.25, 0.3) is 0 Å². The normalized spacial score (nSPS) is 22.2. The minimum absolute atomic E-state index is 0.0569. The molecule has 0 spiro atoms. The standard InChI is InChI=1S/C33H38AsN7O10S2/c1-32(2)26(29(43)41(32)51-53(46,47)48)40-28(42)25(22-15-52-31(37)39-22)34-50-33(3,30(44)45)24-11-7-18-13-19(6-10-23(18)49-24)27(36)38-14-16-4-8-20-17(12-16)5-9-21(20)35/h4,6,8,10,12-13,15,21,24,26H,5,7,9,11,14,35H2,1-3H3,(H2,36,38)(H2,37,39)(H,40,42)(H,44,45)(H,46,47,48)/t21-,24+,26+,33-/m0/s1. The van der Waals surface area contributed by atoms with Gasteiger partial charge < -0.3 is 5.73 Å². The Hall–Kier alpha value is -4.23. The molecule has 0 unspecified atom stereocenters. The van der Waals surface area contributed by atoms with Gasteiger partial charge in [-0.1, -0.05) is 18.2 Å². The number of amides is 2. The number of carboxylic acid groups (broad SMARTS) is 1. The monoisotopic (exact) mass is 831 g/mol. The summed E-state index contributed by atoms with van der Waals surface area (Å²) in [5, 5.41) is 15.0. The van der Waals surface area contributed by atoms with Crippen LogP contribution in [-0.2, 0) is 52.2 Å². The first-order chi connectivity index (χ1) is 24.9. The Labute approximate surface area is 315 Å². The molecule has 9 N–H and O–H groups in total. The topological polar surface area (TPSA) is 272 Å². The number of nitrogens with two attached hydrogens (primary N) is 3. The number of amidine groups is 1. The van der Waals surface area contributed by atoms with Crippen molar-refractivity contribution in [1.82, 2.24) is 15.4 Å². The van der Waals surface area contributed by atoms with Crippen molar-refractivity contribution in [3.63, 3.8) is 0 Å². The van der Waals surface area contributed by atoms with E-state index in [2.05, 4.69) is 31.7 Å². The third-order valence-electron chi connectivity index (χ3n) is 9.53. The Kier molecular flexibility index (Phi) is 10.6. The number of aliphatic imine (C=N–C) groups is 1. The molecule has 20 heteroatoms. The molecule has 1 aliphatic carbocycles. The molecule has 2 aromatic carbocycles. The molecule has 3 heterocycles. The van der Waals surface area contributed by atoms with Crippen LogP contribution in [0.5, 0.6) is 5.75 Å². The molecule has 0 bridgehead atoms. The van der Waals surface area contributed by atoms with Gasteiger partial charge in [0.1, 0.15) is 0 Å². The predicted molar refractivity (Wildman–Crippen MR) is 194 cm³/mol. The van der Waals surface area contributed by atoms with Crippen molar-refractivity contribution in [3.05, 3.63) is 75.3 Å². The molecule has 2 amide bonds. The number of aliphatic carboxylic acids is 1. The molecule has 3 aromatic rings. The molecule has 282 valence electrons. The second-order valence-corrected chi connectivity index (χ2v) is 17.2. The van der Waals surface area contributed by atoms with Crippen LogP contribution in [0.15, 0.2) is 46.8 Å². The fraction of sp³-hybridized carbons (Fsp3) is 0.394. The first-order valence-electron chi connectivity index (χ1n) is 16.4. The van der Waals surface area contributed by atoms with E-state index in [0.29, 0.717) is 35.2 Å². The fourth-order valence-electron chi connectivity index (χ4n) is 6.40. The summed E-state index contributed by atoms with van der Waals surface area (Å²) in [6, 6.07) is 10.3. The summed E-state index contributed by atoms with van der Waals surface area (Å²) in [5.74, 6) is -2.28. The van der Waals surface area contributed by atoms with Crippen molar-refractivity contribution in [2.45, 2.75) is 82.3 Å². The van der Waals surface area contributed by atoms with E-state index in [0.717, 1.165) is 35.3 Å². The van der Waals surface area contributed by atoms with E-state index < -0.39 is 67.1 Å². The second-order valence-electron chi connectivity index (χ2n) is 13.6. The number of nitrogens with zero attached hydrogens (tertiary/aromatic N) is 3.